The number of benzene rings is 1. The number of hydrogen-bond acceptors (Lipinski definition) is 6. The molecule has 1 aromatic carbocycles. The summed E-state index contributed by atoms with van der Waals surface area (Å²) in [5.74, 6) is -1.21. The van der Waals surface area contributed by atoms with Crippen LogP contribution in [0.15, 0.2) is 24.4 Å². The molecule has 8 heteroatoms. The van der Waals surface area contributed by atoms with Crippen molar-refractivity contribution < 1.29 is 14.8 Å². The molecule has 2 rings (SSSR count). The van der Waals surface area contributed by atoms with Crippen LogP contribution in [0.2, 0.25) is 0 Å². The molecule has 2 N–H and O–H groups in total. The second kappa shape index (κ2) is 6.31. The van der Waals surface area contributed by atoms with Gasteiger partial charge in [-0.05, 0) is 12.5 Å². The maximum absolute atomic E-state index is 11.2. The Morgan fingerprint density at radius 1 is 1.52 bits per heavy atom. The zero-order chi connectivity index (χ0) is 15.4. The molecule has 21 heavy (non-hydrogen) atoms. The summed E-state index contributed by atoms with van der Waals surface area (Å²) in [7, 11) is 0. The van der Waals surface area contributed by atoms with Gasteiger partial charge in [-0.2, -0.15) is 0 Å². The quantitative estimate of drug-likeness (QED) is 0.628. The third-order valence-corrected chi connectivity index (χ3v) is 3.97. The summed E-state index contributed by atoms with van der Waals surface area (Å²) in [4.78, 5) is 26.6. The van der Waals surface area contributed by atoms with Crippen molar-refractivity contribution in [3.63, 3.8) is 0 Å². The first-order chi connectivity index (χ1) is 10.0. The molecule has 0 radical (unpaired) electrons. The van der Waals surface area contributed by atoms with Gasteiger partial charge in [0.1, 0.15) is 5.01 Å². The number of carboxylic acid groups (broad SMARTS) is 1. The number of nitrogens with one attached hydrogen (secondary N) is 1. The monoisotopic (exact) mass is 307 g/mol. The Morgan fingerprint density at radius 2 is 2.29 bits per heavy atom. The molecule has 0 saturated carbocycles. The highest BCUT2D eigenvalue weighted by Crippen LogP contribution is 2.23. The molecule has 0 aliphatic rings. The Labute approximate surface area is 124 Å². The van der Waals surface area contributed by atoms with Gasteiger partial charge in [0, 0.05) is 28.9 Å². The SMILES string of the molecule is CCc1cnc(CNc2ccc([N+](=O)[O-])cc2C(=O)O)s1. The fraction of sp³-hybridized carbons (Fsp3) is 0.231. The number of carboxylic acids is 1. The number of aromatic nitrogens is 1. The van der Waals surface area contributed by atoms with E-state index in [1.54, 1.807) is 17.5 Å². The van der Waals surface area contributed by atoms with Crippen molar-refractivity contribution in [1.29, 1.82) is 0 Å². The second-order valence-electron chi connectivity index (χ2n) is 4.22. The summed E-state index contributed by atoms with van der Waals surface area (Å²) >= 11 is 1.55. The Morgan fingerprint density at radius 3 is 2.86 bits per heavy atom. The van der Waals surface area contributed by atoms with Crippen LogP contribution >= 0.6 is 11.3 Å². The van der Waals surface area contributed by atoms with Gasteiger partial charge in [0.25, 0.3) is 5.69 Å². The molecule has 110 valence electrons. The van der Waals surface area contributed by atoms with Crippen LogP contribution in [0.3, 0.4) is 0 Å². The molecule has 0 aliphatic heterocycles. The van der Waals surface area contributed by atoms with Gasteiger partial charge >= 0.3 is 5.97 Å². The Balaban J connectivity index is 2.19. The molecule has 1 heterocycles. The van der Waals surface area contributed by atoms with Crippen molar-refractivity contribution in [3.05, 3.63) is 50.0 Å². The number of thiazole rings is 1. The Bertz CT molecular complexity index is 684. The molecular formula is C13H13N3O4S. The predicted molar refractivity (Wildman–Crippen MR) is 78.9 cm³/mol. The van der Waals surface area contributed by atoms with Crippen LogP contribution < -0.4 is 5.32 Å². The van der Waals surface area contributed by atoms with Crippen molar-refractivity contribution in [2.45, 2.75) is 19.9 Å². The lowest BCUT2D eigenvalue weighted by molar-refractivity contribution is -0.384. The van der Waals surface area contributed by atoms with Crippen molar-refractivity contribution in [3.8, 4) is 0 Å². The smallest absolute Gasteiger partial charge is 0.338 e. The molecule has 0 bridgehead atoms. The van der Waals surface area contributed by atoms with E-state index >= 15 is 0 Å². The van der Waals surface area contributed by atoms with E-state index in [2.05, 4.69) is 10.3 Å². The summed E-state index contributed by atoms with van der Waals surface area (Å²) in [6.45, 7) is 2.41. The van der Waals surface area contributed by atoms with Crippen LogP contribution in [-0.2, 0) is 13.0 Å². The highest BCUT2D eigenvalue weighted by atomic mass is 32.1. The molecule has 0 saturated heterocycles. The zero-order valence-corrected chi connectivity index (χ0v) is 12.0. The zero-order valence-electron chi connectivity index (χ0n) is 11.2. The highest BCUT2D eigenvalue weighted by Gasteiger charge is 2.16. The third-order valence-electron chi connectivity index (χ3n) is 2.82. The lowest BCUT2D eigenvalue weighted by Crippen LogP contribution is -2.07. The first-order valence-corrected chi connectivity index (χ1v) is 7.02. The van der Waals surface area contributed by atoms with Gasteiger partial charge < -0.3 is 10.4 Å². The summed E-state index contributed by atoms with van der Waals surface area (Å²) < 4.78 is 0. The average molecular weight is 307 g/mol. The fourth-order valence-corrected chi connectivity index (χ4v) is 2.54. The highest BCUT2D eigenvalue weighted by molar-refractivity contribution is 7.11. The Kier molecular flexibility index (Phi) is 4.49. The van der Waals surface area contributed by atoms with Crippen LogP contribution in [0.1, 0.15) is 27.2 Å². The van der Waals surface area contributed by atoms with Crippen LogP contribution in [0.4, 0.5) is 11.4 Å². The number of aryl methyl sites for hydroxylation is 1. The number of non-ortho nitro benzene ring substituents is 1. The number of carbonyl (C=O) groups is 1. The first-order valence-electron chi connectivity index (χ1n) is 6.20. The van der Waals surface area contributed by atoms with Crippen molar-refractivity contribution >= 4 is 28.7 Å². The fourth-order valence-electron chi connectivity index (χ4n) is 1.74. The first kappa shape index (κ1) is 14.9. The summed E-state index contributed by atoms with van der Waals surface area (Å²) in [6.07, 6.45) is 2.69. The molecule has 0 fully saturated rings. The number of anilines is 1. The standard InChI is InChI=1S/C13H13N3O4S/c1-2-9-6-15-12(21-9)7-14-11-4-3-8(16(19)20)5-10(11)13(17)18/h3-6,14H,2,7H2,1H3,(H,17,18). The van der Waals surface area contributed by atoms with Gasteiger partial charge in [-0.25, -0.2) is 9.78 Å². The molecule has 2 aromatic rings. The predicted octanol–water partition coefficient (Wildman–Crippen LogP) is 2.92. The topological polar surface area (TPSA) is 105 Å². The minimum absolute atomic E-state index is 0.128. The molecule has 7 nitrogen and oxygen atoms in total. The van der Waals surface area contributed by atoms with E-state index in [-0.39, 0.29) is 11.3 Å². The third kappa shape index (κ3) is 3.54. The van der Waals surface area contributed by atoms with Gasteiger partial charge in [-0.15, -0.1) is 11.3 Å². The minimum Gasteiger partial charge on any atom is -0.478 e. The van der Waals surface area contributed by atoms with E-state index in [0.717, 1.165) is 22.4 Å². The molecule has 1 aromatic heterocycles. The van der Waals surface area contributed by atoms with Gasteiger partial charge in [0.15, 0.2) is 0 Å². The van der Waals surface area contributed by atoms with Crippen LogP contribution in [-0.4, -0.2) is 21.0 Å². The minimum atomic E-state index is -1.21. The van der Waals surface area contributed by atoms with Gasteiger partial charge in [0.05, 0.1) is 17.0 Å². The summed E-state index contributed by atoms with van der Waals surface area (Å²) in [6, 6.07) is 3.72. The van der Waals surface area contributed by atoms with E-state index < -0.39 is 10.9 Å². The van der Waals surface area contributed by atoms with Gasteiger partial charge in [0.2, 0.25) is 0 Å². The molecular weight excluding hydrogens is 294 g/mol. The van der Waals surface area contributed by atoms with Crippen LogP contribution in [0.25, 0.3) is 0 Å². The van der Waals surface area contributed by atoms with Crippen LogP contribution in [0, 0.1) is 10.1 Å². The lowest BCUT2D eigenvalue weighted by atomic mass is 10.1. The molecule has 0 unspecified atom stereocenters. The van der Waals surface area contributed by atoms with Crippen LogP contribution in [0.5, 0.6) is 0 Å². The number of rotatable bonds is 6. The molecule has 0 atom stereocenters. The number of aromatic carboxylic acids is 1. The molecule has 0 spiro atoms. The molecule has 0 aliphatic carbocycles. The van der Waals surface area contributed by atoms with E-state index in [9.17, 15) is 14.9 Å². The normalized spacial score (nSPS) is 10.3. The number of nitrogens with zero attached hydrogens (tertiary/aromatic N) is 2. The van der Waals surface area contributed by atoms with Crippen molar-refractivity contribution in [1.82, 2.24) is 4.98 Å². The maximum atomic E-state index is 11.2. The lowest BCUT2D eigenvalue weighted by Gasteiger charge is -2.07. The maximum Gasteiger partial charge on any atom is 0.338 e. The largest absolute Gasteiger partial charge is 0.478 e. The van der Waals surface area contributed by atoms with Crippen molar-refractivity contribution in [2.24, 2.45) is 0 Å². The molecule has 0 amide bonds. The van der Waals surface area contributed by atoms with E-state index in [4.69, 9.17) is 5.11 Å². The van der Waals surface area contributed by atoms with E-state index in [1.807, 2.05) is 6.92 Å². The van der Waals surface area contributed by atoms with E-state index in [0.29, 0.717) is 12.2 Å². The number of nitro groups is 1. The number of hydrogen-bond donors (Lipinski definition) is 2. The van der Waals surface area contributed by atoms with E-state index in [1.165, 1.54) is 12.1 Å². The second-order valence-corrected chi connectivity index (χ2v) is 5.42. The summed E-state index contributed by atoms with van der Waals surface area (Å²) in [5.41, 5.74) is -0.0433. The van der Waals surface area contributed by atoms with Gasteiger partial charge in [-0.3, -0.25) is 10.1 Å². The average Bonchev–Trinajstić information content (AvgIpc) is 2.92. The Hall–Kier alpha value is -2.48. The number of nitro benzene ring substituents is 1. The van der Waals surface area contributed by atoms with Gasteiger partial charge in [-0.1, -0.05) is 6.92 Å². The summed E-state index contributed by atoms with van der Waals surface area (Å²) in [5, 5.41) is 23.6. The van der Waals surface area contributed by atoms with Crippen molar-refractivity contribution in [2.75, 3.05) is 5.32 Å².